The van der Waals surface area contributed by atoms with E-state index in [4.69, 9.17) is 0 Å². The van der Waals surface area contributed by atoms with Gasteiger partial charge in [-0.05, 0) is 35.4 Å². The quantitative estimate of drug-likeness (QED) is 0.575. The van der Waals surface area contributed by atoms with Crippen molar-refractivity contribution in [3.63, 3.8) is 0 Å². The molecule has 0 aliphatic rings. The molecule has 0 aliphatic heterocycles. The normalized spacial score (nSPS) is 11.1. The van der Waals surface area contributed by atoms with Crippen molar-refractivity contribution in [1.82, 2.24) is 5.16 Å². The zero-order valence-corrected chi connectivity index (χ0v) is 9.48. The van der Waals surface area contributed by atoms with Gasteiger partial charge in [-0.15, -0.1) is 0 Å². The lowest BCUT2D eigenvalue weighted by atomic mass is 10.1. The third kappa shape index (κ3) is 2.32. The number of hydrogen-bond donors (Lipinski definition) is 0. The highest BCUT2D eigenvalue weighted by molar-refractivity contribution is 5.70. The summed E-state index contributed by atoms with van der Waals surface area (Å²) in [4.78, 5) is 0.441. The lowest BCUT2D eigenvalue weighted by Gasteiger charge is -1.99. The van der Waals surface area contributed by atoms with E-state index in [0.717, 1.165) is 6.42 Å². The van der Waals surface area contributed by atoms with Gasteiger partial charge in [0.2, 0.25) is 11.0 Å². The molecule has 0 N–H and O–H groups in total. The van der Waals surface area contributed by atoms with Crippen LogP contribution in [-0.4, -0.2) is 5.16 Å². The maximum atomic E-state index is 11.1. The molecular weight excluding hydrogens is 204 g/mol. The van der Waals surface area contributed by atoms with Crippen LogP contribution in [0.1, 0.15) is 38.2 Å². The number of nitrogens with zero attached hydrogens (tertiary/aromatic N) is 2. The van der Waals surface area contributed by atoms with E-state index in [0.29, 0.717) is 15.9 Å². The summed E-state index contributed by atoms with van der Waals surface area (Å²) in [6.45, 7) is 2.20. The fraction of sp³-hybridized carbons (Fsp3) is 0.500. The van der Waals surface area contributed by atoms with Gasteiger partial charge < -0.3 is 5.21 Å². The van der Waals surface area contributed by atoms with Gasteiger partial charge in [-0.25, -0.2) is 0 Å². The molecule has 0 radical (unpaired) electrons. The van der Waals surface area contributed by atoms with Crippen LogP contribution in [0.15, 0.2) is 22.8 Å². The van der Waals surface area contributed by atoms with E-state index in [-0.39, 0.29) is 0 Å². The molecule has 16 heavy (non-hydrogen) atoms. The van der Waals surface area contributed by atoms with Crippen LogP contribution in [0.4, 0.5) is 0 Å². The van der Waals surface area contributed by atoms with Crippen LogP contribution in [0.3, 0.4) is 0 Å². The first-order valence-corrected chi connectivity index (χ1v) is 5.79. The Kier molecular flexibility index (Phi) is 3.39. The van der Waals surface area contributed by atoms with Crippen LogP contribution in [-0.2, 0) is 6.42 Å². The van der Waals surface area contributed by atoms with Gasteiger partial charge in [-0.1, -0.05) is 32.3 Å². The van der Waals surface area contributed by atoms with Gasteiger partial charge in [0.1, 0.15) is 0 Å². The summed E-state index contributed by atoms with van der Waals surface area (Å²) in [6, 6.07) is 5.67. The number of aromatic nitrogens is 2. The van der Waals surface area contributed by atoms with Crippen molar-refractivity contribution >= 4 is 11.0 Å². The molecule has 1 aromatic carbocycles. The Bertz CT molecular complexity index is 465. The standard InChI is InChI=1S/C12H16N2O2/c1-2-3-4-5-6-10-7-8-12-11(9-10)13-16-14(12)15/h7-9H,2-6H2,1H3. The number of benzene rings is 1. The van der Waals surface area contributed by atoms with Crippen molar-refractivity contribution < 1.29 is 9.53 Å². The van der Waals surface area contributed by atoms with Crippen LogP contribution in [0.5, 0.6) is 0 Å². The Labute approximate surface area is 94.4 Å². The highest BCUT2D eigenvalue weighted by atomic mass is 16.8. The first-order chi connectivity index (χ1) is 7.81. The Balaban J connectivity index is 2.02. The second-order valence-electron chi connectivity index (χ2n) is 4.06. The van der Waals surface area contributed by atoms with Gasteiger partial charge in [0.05, 0.1) is 0 Å². The summed E-state index contributed by atoms with van der Waals surface area (Å²) in [5.41, 5.74) is 2.36. The number of hydrogen-bond acceptors (Lipinski definition) is 3. The minimum Gasteiger partial charge on any atom is -0.359 e. The van der Waals surface area contributed by atoms with Crippen LogP contribution in [0.2, 0.25) is 0 Å². The lowest BCUT2D eigenvalue weighted by molar-refractivity contribution is -0.782. The van der Waals surface area contributed by atoms with Crippen LogP contribution < -0.4 is 4.90 Å². The van der Waals surface area contributed by atoms with Gasteiger partial charge in [-0.3, -0.25) is 4.63 Å². The Morgan fingerprint density at radius 2 is 2.19 bits per heavy atom. The van der Waals surface area contributed by atoms with Crippen LogP contribution >= 0.6 is 0 Å². The van der Waals surface area contributed by atoms with Crippen LogP contribution in [0.25, 0.3) is 11.0 Å². The third-order valence-corrected chi connectivity index (χ3v) is 2.77. The molecule has 0 unspecified atom stereocenters. The van der Waals surface area contributed by atoms with Crippen molar-refractivity contribution in [2.24, 2.45) is 0 Å². The summed E-state index contributed by atoms with van der Waals surface area (Å²) in [5, 5.41) is 14.8. The van der Waals surface area contributed by atoms with E-state index in [1.165, 1.54) is 31.2 Å². The monoisotopic (exact) mass is 220 g/mol. The van der Waals surface area contributed by atoms with Crippen molar-refractivity contribution in [3.05, 3.63) is 29.0 Å². The molecule has 0 fully saturated rings. The zero-order chi connectivity index (χ0) is 11.4. The van der Waals surface area contributed by atoms with E-state index >= 15 is 0 Å². The van der Waals surface area contributed by atoms with Gasteiger partial charge in [0.15, 0.2) is 0 Å². The Morgan fingerprint density at radius 1 is 1.31 bits per heavy atom. The highest BCUT2D eigenvalue weighted by Gasteiger charge is 2.08. The second kappa shape index (κ2) is 4.96. The summed E-state index contributed by atoms with van der Waals surface area (Å²) >= 11 is 0. The van der Waals surface area contributed by atoms with E-state index in [1.807, 2.05) is 12.1 Å². The number of aryl methyl sites for hydroxylation is 1. The van der Waals surface area contributed by atoms with Gasteiger partial charge in [0, 0.05) is 5.16 Å². The first-order valence-electron chi connectivity index (χ1n) is 5.79. The first kappa shape index (κ1) is 10.9. The minimum absolute atomic E-state index is 0.441. The second-order valence-corrected chi connectivity index (χ2v) is 4.06. The lowest BCUT2D eigenvalue weighted by Crippen LogP contribution is -2.22. The maximum Gasteiger partial charge on any atom is 0.248 e. The Morgan fingerprint density at radius 3 is 3.00 bits per heavy atom. The molecular formula is C12H16N2O2. The third-order valence-electron chi connectivity index (χ3n) is 2.77. The highest BCUT2D eigenvalue weighted by Crippen LogP contribution is 2.13. The van der Waals surface area contributed by atoms with Crippen molar-refractivity contribution in [2.75, 3.05) is 0 Å². The summed E-state index contributed by atoms with van der Waals surface area (Å²) in [6.07, 6.45) is 6.02. The van der Waals surface area contributed by atoms with Crippen LogP contribution in [0, 0.1) is 5.21 Å². The molecule has 0 saturated carbocycles. The number of fused-ring (bicyclic) bond motifs is 1. The average molecular weight is 220 g/mol. The topological polar surface area (TPSA) is 53.0 Å². The summed E-state index contributed by atoms with van der Waals surface area (Å²) in [5.74, 6) is 0. The van der Waals surface area contributed by atoms with E-state index < -0.39 is 0 Å². The zero-order valence-electron chi connectivity index (χ0n) is 9.48. The van der Waals surface area contributed by atoms with E-state index in [2.05, 4.69) is 16.7 Å². The maximum absolute atomic E-state index is 11.1. The number of unbranched alkanes of at least 4 members (excludes halogenated alkanes) is 3. The molecule has 0 spiro atoms. The average Bonchev–Trinajstić information content (AvgIpc) is 2.66. The molecule has 1 heterocycles. The summed E-state index contributed by atoms with van der Waals surface area (Å²) in [7, 11) is 0. The van der Waals surface area contributed by atoms with E-state index in [9.17, 15) is 5.21 Å². The molecule has 1 aromatic heterocycles. The predicted molar refractivity (Wildman–Crippen MR) is 60.8 cm³/mol. The van der Waals surface area contributed by atoms with Gasteiger partial charge >= 0.3 is 0 Å². The molecule has 86 valence electrons. The van der Waals surface area contributed by atoms with Crippen molar-refractivity contribution in [2.45, 2.75) is 39.0 Å². The molecule has 0 atom stereocenters. The fourth-order valence-electron chi connectivity index (χ4n) is 1.83. The smallest absolute Gasteiger partial charge is 0.248 e. The van der Waals surface area contributed by atoms with Crippen molar-refractivity contribution in [3.8, 4) is 0 Å². The molecule has 2 aromatic rings. The molecule has 0 amide bonds. The molecule has 0 aliphatic carbocycles. The Hall–Kier alpha value is -1.58. The van der Waals surface area contributed by atoms with E-state index in [1.54, 1.807) is 6.07 Å². The van der Waals surface area contributed by atoms with Gasteiger partial charge in [-0.2, -0.15) is 0 Å². The molecule has 4 heteroatoms. The molecule has 4 nitrogen and oxygen atoms in total. The predicted octanol–water partition coefficient (Wildman–Crippen LogP) is 2.58. The fourth-order valence-corrected chi connectivity index (χ4v) is 1.83. The molecule has 0 saturated heterocycles. The molecule has 0 bridgehead atoms. The summed E-state index contributed by atoms with van der Waals surface area (Å²) < 4.78 is 4.52. The number of rotatable bonds is 5. The molecule has 2 rings (SSSR count). The SMILES string of the molecule is CCCCCCc1ccc2c(c1)no[n+]2[O-]. The van der Waals surface area contributed by atoms with Crippen molar-refractivity contribution in [1.29, 1.82) is 0 Å². The largest absolute Gasteiger partial charge is 0.359 e. The van der Waals surface area contributed by atoms with Gasteiger partial charge in [0.25, 0.3) is 0 Å². The minimum atomic E-state index is 0.441.